The predicted molar refractivity (Wildman–Crippen MR) is 73.7 cm³/mol. The number of hydrogen-bond donors (Lipinski definition) is 1. The summed E-state index contributed by atoms with van der Waals surface area (Å²) in [6, 6.07) is 2.28. The maximum atomic E-state index is 12.7. The van der Waals surface area contributed by atoms with Gasteiger partial charge in [0.25, 0.3) is 0 Å². The second-order valence-electron chi connectivity index (χ2n) is 5.80. The molecule has 0 spiro atoms. The molecule has 1 aromatic rings. The van der Waals surface area contributed by atoms with E-state index in [4.69, 9.17) is 10.5 Å². The quantitative estimate of drug-likeness (QED) is 0.921. The molecule has 21 heavy (non-hydrogen) atoms. The Hall–Kier alpha value is -1.30. The fraction of sp³-hybridized carbons (Fsp3) is 0.667. The summed E-state index contributed by atoms with van der Waals surface area (Å²) in [4.78, 5) is 3.59. The number of ether oxygens (including phenoxy) is 1. The number of pyridine rings is 1. The van der Waals surface area contributed by atoms with Gasteiger partial charge in [0, 0.05) is 12.1 Å². The highest BCUT2D eigenvalue weighted by molar-refractivity contribution is 5.29. The van der Waals surface area contributed by atoms with Crippen LogP contribution in [0.1, 0.15) is 43.9 Å². The van der Waals surface area contributed by atoms with Gasteiger partial charge >= 0.3 is 6.18 Å². The first kappa shape index (κ1) is 16.1. The van der Waals surface area contributed by atoms with Crippen LogP contribution < -0.4 is 10.5 Å². The molecule has 3 nitrogen and oxygen atoms in total. The van der Waals surface area contributed by atoms with Crippen molar-refractivity contribution >= 4 is 0 Å². The molecule has 1 aliphatic carbocycles. The normalized spacial score (nSPS) is 23.1. The maximum absolute atomic E-state index is 12.7. The number of aromatic nitrogens is 1. The highest BCUT2D eigenvalue weighted by Crippen LogP contribution is 2.32. The van der Waals surface area contributed by atoms with Crippen LogP contribution in [0.4, 0.5) is 13.2 Å². The Kier molecular flexibility index (Phi) is 5.08. The van der Waals surface area contributed by atoms with Crippen molar-refractivity contribution in [1.29, 1.82) is 0 Å². The van der Waals surface area contributed by atoms with Crippen molar-refractivity contribution in [2.24, 2.45) is 17.6 Å². The van der Waals surface area contributed by atoms with Gasteiger partial charge in [-0.3, -0.25) is 0 Å². The highest BCUT2D eigenvalue weighted by atomic mass is 19.4. The summed E-state index contributed by atoms with van der Waals surface area (Å²) >= 11 is 0. The fourth-order valence-corrected chi connectivity index (χ4v) is 2.60. The van der Waals surface area contributed by atoms with Gasteiger partial charge in [0.15, 0.2) is 0 Å². The van der Waals surface area contributed by atoms with E-state index in [1.807, 2.05) is 0 Å². The van der Waals surface area contributed by atoms with Gasteiger partial charge in [0.1, 0.15) is 5.69 Å². The van der Waals surface area contributed by atoms with Crippen LogP contribution in [0.2, 0.25) is 0 Å². The van der Waals surface area contributed by atoms with Gasteiger partial charge in [-0.25, -0.2) is 4.98 Å². The summed E-state index contributed by atoms with van der Waals surface area (Å²) in [5, 5.41) is 0. The van der Waals surface area contributed by atoms with Crippen LogP contribution >= 0.6 is 0 Å². The van der Waals surface area contributed by atoms with Crippen molar-refractivity contribution < 1.29 is 17.9 Å². The lowest BCUT2D eigenvalue weighted by Gasteiger charge is -2.26. The van der Waals surface area contributed by atoms with Crippen LogP contribution in [0.5, 0.6) is 5.88 Å². The number of nitrogens with zero attached hydrogens (tertiary/aromatic N) is 1. The Balaban J connectivity index is 2.04. The van der Waals surface area contributed by atoms with E-state index >= 15 is 0 Å². The number of rotatable bonds is 4. The Morgan fingerprint density at radius 2 is 1.90 bits per heavy atom. The van der Waals surface area contributed by atoms with E-state index in [1.54, 1.807) is 0 Å². The third kappa shape index (κ3) is 4.33. The lowest BCUT2D eigenvalue weighted by Crippen LogP contribution is -2.20. The van der Waals surface area contributed by atoms with Crippen LogP contribution in [0.15, 0.2) is 12.1 Å². The van der Waals surface area contributed by atoms with E-state index < -0.39 is 11.9 Å². The van der Waals surface area contributed by atoms with Crippen LogP contribution in [-0.2, 0) is 12.7 Å². The Bertz CT molecular complexity index is 468. The summed E-state index contributed by atoms with van der Waals surface area (Å²) in [5.74, 6) is 1.14. The third-order valence-electron chi connectivity index (χ3n) is 4.04. The van der Waals surface area contributed by atoms with E-state index in [0.717, 1.165) is 37.7 Å². The van der Waals surface area contributed by atoms with Crippen molar-refractivity contribution in [2.75, 3.05) is 6.61 Å². The minimum Gasteiger partial charge on any atom is -0.477 e. The number of nitrogens with two attached hydrogens (primary N) is 1. The molecule has 0 saturated heterocycles. The van der Waals surface area contributed by atoms with Crippen LogP contribution in [-0.4, -0.2) is 11.6 Å². The predicted octanol–water partition coefficient (Wildman–Crippen LogP) is 3.76. The first-order valence-corrected chi connectivity index (χ1v) is 7.30. The minimum absolute atomic E-state index is 0.0194. The third-order valence-corrected chi connectivity index (χ3v) is 4.04. The SMILES string of the molecule is CC1CCC(COc2nc(C(F)(F)F)ccc2CN)CC1. The molecule has 0 aromatic carbocycles. The topological polar surface area (TPSA) is 48.1 Å². The van der Waals surface area contributed by atoms with E-state index in [9.17, 15) is 13.2 Å². The summed E-state index contributed by atoms with van der Waals surface area (Å²) in [6.07, 6.45) is -0.0662. The van der Waals surface area contributed by atoms with Crippen molar-refractivity contribution in [3.63, 3.8) is 0 Å². The van der Waals surface area contributed by atoms with E-state index in [2.05, 4.69) is 11.9 Å². The largest absolute Gasteiger partial charge is 0.477 e. The van der Waals surface area contributed by atoms with E-state index in [0.29, 0.717) is 18.1 Å². The lowest BCUT2D eigenvalue weighted by molar-refractivity contribution is -0.141. The summed E-state index contributed by atoms with van der Waals surface area (Å²) in [6.45, 7) is 2.74. The standard InChI is InChI=1S/C15H21F3N2O/c1-10-2-4-11(5-3-10)9-21-14-12(8-19)6-7-13(20-14)15(16,17)18/h6-7,10-11H,2-5,8-9,19H2,1H3. The minimum atomic E-state index is -4.47. The molecule has 1 aliphatic rings. The molecule has 1 saturated carbocycles. The maximum Gasteiger partial charge on any atom is 0.433 e. The van der Waals surface area contributed by atoms with Gasteiger partial charge in [0.05, 0.1) is 6.61 Å². The van der Waals surface area contributed by atoms with Crippen molar-refractivity contribution in [2.45, 2.75) is 45.3 Å². The molecule has 1 fully saturated rings. The van der Waals surface area contributed by atoms with Gasteiger partial charge < -0.3 is 10.5 Å². The van der Waals surface area contributed by atoms with Crippen molar-refractivity contribution in [1.82, 2.24) is 4.98 Å². The average molecular weight is 302 g/mol. The second kappa shape index (κ2) is 6.64. The molecule has 2 N–H and O–H groups in total. The zero-order valence-corrected chi connectivity index (χ0v) is 12.1. The summed E-state index contributed by atoms with van der Waals surface area (Å²) in [7, 11) is 0. The Morgan fingerprint density at radius 1 is 1.24 bits per heavy atom. The number of alkyl halides is 3. The van der Waals surface area contributed by atoms with Gasteiger partial charge in [-0.2, -0.15) is 13.2 Å². The molecule has 0 unspecified atom stereocenters. The van der Waals surface area contributed by atoms with Gasteiger partial charge in [-0.1, -0.05) is 25.8 Å². The zero-order chi connectivity index (χ0) is 15.5. The molecule has 0 atom stereocenters. The van der Waals surface area contributed by atoms with Gasteiger partial charge in [-0.15, -0.1) is 0 Å². The van der Waals surface area contributed by atoms with Crippen molar-refractivity contribution in [3.05, 3.63) is 23.4 Å². The number of halogens is 3. The van der Waals surface area contributed by atoms with Crippen LogP contribution in [0, 0.1) is 11.8 Å². The molecule has 1 aromatic heterocycles. The molecule has 1 heterocycles. The molecule has 0 bridgehead atoms. The zero-order valence-electron chi connectivity index (χ0n) is 12.1. The van der Waals surface area contributed by atoms with E-state index in [-0.39, 0.29) is 12.4 Å². The fourth-order valence-electron chi connectivity index (χ4n) is 2.60. The van der Waals surface area contributed by atoms with Crippen LogP contribution in [0.3, 0.4) is 0 Å². The van der Waals surface area contributed by atoms with Crippen LogP contribution in [0.25, 0.3) is 0 Å². The first-order chi connectivity index (χ1) is 9.90. The van der Waals surface area contributed by atoms with E-state index in [1.165, 1.54) is 6.07 Å². The molecule has 0 radical (unpaired) electrons. The lowest BCUT2D eigenvalue weighted by atomic mass is 9.83. The summed E-state index contributed by atoms with van der Waals surface area (Å²) < 4.78 is 43.6. The molecule has 118 valence electrons. The molecule has 2 rings (SSSR count). The van der Waals surface area contributed by atoms with Gasteiger partial charge in [0.2, 0.25) is 5.88 Å². The highest BCUT2D eigenvalue weighted by Gasteiger charge is 2.33. The van der Waals surface area contributed by atoms with Gasteiger partial charge in [-0.05, 0) is 30.7 Å². The Labute approximate surface area is 122 Å². The average Bonchev–Trinajstić information content (AvgIpc) is 2.45. The first-order valence-electron chi connectivity index (χ1n) is 7.30. The summed E-state index contributed by atoms with van der Waals surface area (Å²) in [5.41, 5.74) is 5.10. The molecular formula is C15H21F3N2O. The molecule has 0 aliphatic heterocycles. The Morgan fingerprint density at radius 3 is 2.48 bits per heavy atom. The monoisotopic (exact) mass is 302 g/mol. The smallest absolute Gasteiger partial charge is 0.433 e. The molecule has 6 heteroatoms. The molecule has 0 amide bonds. The van der Waals surface area contributed by atoms with Crippen molar-refractivity contribution in [3.8, 4) is 5.88 Å². The second-order valence-corrected chi connectivity index (χ2v) is 5.80. The molecular weight excluding hydrogens is 281 g/mol. The number of hydrogen-bond acceptors (Lipinski definition) is 3.